The Bertz CT molecular complexity index is 574. The van der Waals surface area contributed by atoms with Crippen molar-refractivity contribution < 1.29 is 14.3 Å². The third-order valence-corrected chi connectivity index (χ3v) is 4.34. The van der Waals surface area contributed by atoms with Crippen LogP contribution in [-0.2, 0) is 14.3 Å². The molecule has 2 saturated heterocycles. The first-order valence-corrected chi connectivity index (χ1v) is 8.42. The molecule has 9 heteroatoms. The zero-order valence-corrected chi connectivity index (χ0v) is 16.2. The molecular formula is C17H26Cl2N4O3. The van der Waals surface area contributed by atoms with Gasteiger partial charge in [0.1, 0.15) is 0 Å². The first-order chi connectivity index (χ1) is 11.7. The lowest BCUT2D eigenvalue weighted by Gasteiger charge is -2.25. The fraction of sp³-hybridized carbons (Fsp3) is 0.529. The van der Waals surface area contributed by atoms with Crippen LogP contribution >= 0.6 is 24.8 Å². The van der Waals surface area contributed by atoms with Crippen LogP contribution in [0.1, 0.15) is 6.42 Å². The molecule has 0 aliphatic carbocycles. The van der Waals surface area contributed by atoms with Gasteiger partial charge in [0.25, 0.3) is 0 Å². The van der Waals surface area contributed by atoms with E-state index < -0.39 is 0 Å². The van der Waals surface area contributed by atoms with Gasteiger partial charge < -0.3 is 20.7 Å². The molecule has 7 nitrogen and oxygen atoms in total. The number of nitrogens with zero attached hydrogens (tertiary/aromatic N) is 1. The molecule has 0 spiro atoms. The Balaban J connectivity index is 0.00000169. The maximum atomic E-state index is 12.1. The van der Waals surface area contributed by atoms with E-state index in [1.54, 1.807) is 12.1 Å². The van der Waals surface area contributed by atoms with E-state index in [4.69, 9.17) is 4.74 Å². The highest BCUT2D eigenvalue weighted by atomic mass is 35.5. The lowest BCUT2D eigenvalue weighted by Crippen LogP contribution is -2.41. The topological polar surface area (TPSA) is 82.7 Å². The molecule has 2 heterocycles. The summed E-state index contributed by atoms with van der Waals surface area (Å²) < 4.78 is 5.27. The standard InChI is InChI=1S/C17H24N4O3.2ClH/c22-16(12-21-7-9-24-10-8-21)19-14-1-3-15(4-2-14)20-17(23)13-5-6-18-11-13;;/h1-4,13,18H,5-12H2,(H,19,22)(H,20,23);2*1H. The van der Waals surface area contributed by atoms with E-state index in [-0.39, 0.29) is 42.5 Å². The number of carbonyl (C=O) groups is 2. The van der Waals surface area contributed by atoms with E-state index in [9.17, 15) is 9.59 Å². The van der Waals surface area contributed by atoms with Gasteiger partial charge >= 0.3 is 0 Å². The largest absolute Gasteiger partial charge is 0.379 e. The van der Waals surface area contributed by atoms with E-state index in [1.165, 1.54) is 0 Å². The second-order valence-electron chi connectivity index (χ2n) is 6.19. The molecule has 2 fully saturated rings. The number of anilines is 2. The van der Waals surface area contributed by atoms with Crippen LogP contribution in [0.3, 0.4) is 0 Å². The molecule has 1 unspecified atom stereocenters. The Hall–Kier alpha value is -1.38. The first kappa shape index (κ1) is 22.7. The van der Waals surface area contributed by atoms with Crippen LogP contribution in [-0.4, -0.2) is 62.7 Å². The molecule has 1 aromatic carbocycles. The van der Waals surface area contributed by atoms with Gasteiger partial charge in [-0.1, -0.05) is 0 Å². The van der Waals surface area contributed by atoms with Crippen molar-refractivity contribution >= 4 is 48.0 Å². The number of amides is 2. The van der Waals surface area contributed by atoms with Crippen LogP contribution in [0.25, 0.3) is 0 Å². The molecule has 0 radical (unpaired) electrons. The van der Waals surface area contributed by atoms with Crippen molar-refractivity contribution in [1.29, 1.82) is 0 Å². The molecule has 3 rings (SSSR count). The van der Waals surface area contributed by atoms with Gasteiger partial charge in [0.15, 0.2) is 0 Å². The van der Waals surface area contributed by atoms with Gasteiger partial charge in [-0.2, -0.15) is 0 Å². The molecule has 2 aliphatic heterocycles. The Kier molecular flexibility index (Phi) is 9.90. The zero-order chi connectivity index (χ0) is 16.8. The normalized spacial score (nSPS) is 19.8. The van der Waals surface area contributed by atoms with Crippen LogP contribution in [0, 0.1) is 5.92 Å². The van der Waals surface area contributed by atoms with Crippen molar-refractivity contribution in [2.45, 2.75) is 6.42 Å². The quantitative estimate of drug-likeness (QED) is 0.689. The van der Waals surface area contributed by atoms with Crippen LogP contribution in [0.2, 0.25) is 0 Å². The van der Waals surface area contributed by atoms with Crippen LogP contribution in [0.5, 0.6) is 0 Å². The average molecular weight is 405 g/mol. The number of hydrogen-bond acceptors (Lipinski definition) is 5. The highest BCUT2D eigenvalue weighted by Crippen LogP contribution is 2.16. The summed E-state index contributed by atoms with van der Waals surface area (Å²) in [5.41, 5.74) is 1.48. The molecule has 146 valence electrons. The fourth-order valence-corrected chi connectivity index (χ4v) is 2.92. The van der Waals surface area contributed by atoms with Gasteiger partial charge in [-0.15, -0.1) is 24.8 Å². The number of carbonyl (C=O) groups excluding carboxylic acids is 2. The number of nitrogens with one attached hydrogen (secondary N) is 3. The number of morpholine rings is 1. The summed E-state index contributed by atoms with van der Waals surface area (Å²) in [7, 11) is 0. The van der Waals surface area contributed by atoms with Crippen molar-refractivity contribution in [3.63, 3.8) is 0 Å². The van der Waals surface area contributed by atoms with Gasteiger partial charge in [-0.3, -0.25) is 14.5 Å². The third-order valence-electron chi connectivity index (χ3n) is 4.34. The minimum atomic E-state index is -0.0364. The Morgan fingerprint density at radius 3 is 2.27 bits per heavy atom. The lowest BCUT2D eigenvalue weighted by molar-refractivity contribution is -0.119. The highest BCUT2D eigenvalue weighted by molar-refractivity contribution is 5.94. The maximum Gasteiger partial charge on any atom is 0.238 e. The second kappa shape index (κ2) is 11.4. The molecule has 26 heavy (non-hydrogen) atoms. The minimum absolute atomic E-state index is 0. The van der Waals surface area contributed by atoms with Gasteiger partial charge in [0.05, 0.1) is 25.7 Å². The number of ether oxygens (including phenoxy) is 1. The predicted molar refractivity (Wildman–Crippen MR) is 106 cm³/mol. The summed E-state index contributed by atoms with van der Waals surface area (Å²) >= 11 is 0. The maximum absolute atomic E-state index is 12.1. The van der Waals surface area contributed by atoms with Crippen molar-refractivity contribution in [3.05, 3.63) is 24.3 Å². The summed E-state index contributed by atoms with van der Waals surface area (Å²) in [6.45, 7) is 4.93. The first-order valence-electron chi connectivity index (χ1n) is 8.42. The van der Waals surface area contributed by atoms with E-state index in [0.717, 1.165) is 44.0 Å². The van der Waals surface area contributed by atoms with Gasteiger partial charge in [0.2, 0.25) is 11.8 Å². The summed E-state index contributed by atoms with van der Waals surface area (Å²) in [6, 6.07) is 7.23. The third kappa shape index (κ3) is 6.74. The van der Waals surface area contributed by atoms with Gasteiger partial charge in [0, 0.05) is 31.0 Å². The van der Waals surface area contributed by atoms with Gasteiger partial charge in [-0.25, -0.2) is 0 Å². The predicted octanol–water partition coefficient (Wildman–Crippen LogP) is 1.35. The molecule has 0 bridgehead atoms. The Morgan fingerprint density at radius 2 is 1.69 bits per heavy atom. The van der Waals surface area contributed by atoms with E-state index in [2.05, 4.69) is 20.9 Å². The molecule has 0 aromatic heterocycles. The minimum Gasteiger partial charge on any atom is -0.379 e. The Labute approximate surface area is 166 Å². The van der Waals surface area contributed by atoms with E-state index in [1.807, 2.05) is 12.1 Å². The summed E-state index contributed by atoms with van der Waals surface area (Å²) in [6.07, 6.45) is 0.877. The van der Waals surface area contributed by atoms with Crippen molar-refractivity contribution in [3.8, 4) is 0 Å². The second-order valence-corrected chi connectivity index (χ2v) is 6.19. The molecule has 2 aliphatic rings. The molecule has 1 atom stereocenters. The molecule has 0 saturated carbocycles. The van der Waals surface area contributed by atoms with Crippen molar-refractivity contribution in [1.82, 2.24) is 10.2 Å². The van der Waals surface area contributed by atoms with E-state index in [0.29, 0.717) is 19.8 Å². The number of hydrogen-bond donors (Lipinski definition) is 3. The van der Waals surface area contributed by atoms with Crippen LogP contribution in [0.4, 0.5) is 11.4 Å². The SMILES string of the molecule is Cl.Cl.O=C(CN1CCOCC1)Nc1ccc(NC(=O)C2CCNC2)cc1. The molecular weight excluding hydrogens is 379 g/mol. The summed E-state index contributed by atoms with van der Waals surface area (Å²) in [5.74, 6) is 0.0488. The van der Waals surface area contributed by atoms with Crippen molar-refractivity contribution in [2.75, 3.05) is 56.6 Å². The zero-order valence-electron chi connectivity index (χ0n) is 14.5. The fourth-order valence-electron chi connectivity index (χ4n) is 2.92. The number of halogens is 2. The monoisotopic (exact) mass is 404 g/mol. The molecule has 2 amide bonds. The lowest BCUT2D eigenvalue weighted by atomic mass is 10.1. The number of rotatable bonds is 5. The van der Waals surface area contributed by atoms with E-state index >= 15 is 0 Å². The summed E-state index contributed by atoms with van der Waals surface area (Å²) in [5, 5.41) is 8.98. The molecule has 1 aromatic rings. The Morgan fingerprint density at radius 1 is 1.08 bits per heavy atom. The summed E-state index contributed by atoms with van der Waals surface area (Å²) in [4.78, 5) is 26.2. The smallest absolute Gasteiger partial charge is 0.238 e. The van der Waals surface area contributed by atoms with Crippen LogP contribution in [0.15, 0.2) is 24.3 Å². The highest BCUT2D eigenvalue weighted by Gasteiger charge is 2.22. The van der Waals surface area contributed by atoms with Crippen LogP contribution < -0.4 is 16.0 Å². The average Bonchev–Trinajstić information content (AvgIpc) is 3.12. The molecule has 3 N–H and O–H groups in total. The number of benzene rings is 1. The van der Waals surface area contributed by atoms with Gasteiger partial charge in [-0.05, 0) is 37.2 Å². The van der Waals surface area contributed by atoms with Crippen molar-refractivity contribution in [2.24, 2.45) is 5.92 Å².